The first kappa shape index (κ1) is 14.6. The maximum Gasteiger partial charge on any atom is 0.118 e. The van der Waals surface area contributed by atoms with E-state index >= 15 is 0 Å². The Morgan fingerprint density at radius 3 is 2.52 bits per heavy atom. The number of fused-ring (bicyclic) bond motifs is 3. The number of anilines is 1. The predicted octanol–water partition coefficient (Wildman–Crippen LogP) is 4.40. The number of rotatable bonds is 2. The third-order valence-electron chi connectivity index (χ3n) is 4.13. The van der Waals surface area contributed by atoms with E-state index in [9.17, 15) is 10.4 Å². The number of hydrogen-bond acceptors (Lipinski definition) is 3. The highest BCUT2D eigenvalue weighted by molar-refractivity contribution is 14.1. The van der Waals surface area contributed by atoms with Crippen molar-refractivity contribution in [1.82, 2.24) is 8.97 Å². The van der Waals surface area contributed by atoms with Gasteiger partial charge in [0, 0.05) is 22.4 Å². The van der Waals surface area contributed by atoms with Crippen molar-refractivity contribution in [1.29, 1.82) is 0 Å². The minimum atomic E-state index is -0.0868. The van der Waals surface area contributed by atoms with E-state index in [0.717, 1.165) is 22.3 Å². The van der Waals surface area contributed by atoms with Crippen molar-refractivity contribution in [2.24, 2.45) is 7.05 Å². The van der Waals surface area contributed by atoms with Gasteiger partial charge < -0.3 is 19.4 Å². The van der Waals surface area contributed by atoms with Crippen LogP contribution in [0.3, 0.4) is 0 Å². The summed E-state index contributed by atoms with van der Waals surface area (Å²) >= 11 is 2.03. The maximum atomic E-state index is 11.3. The zero-order valence-electron chi connectivity index (χ0n) is 12.3. The van der Waals surface area contributed by atoms with Crippen molar-refractivity contribution in [2.75, 3.05) is 5.23 Å². The molecule has 0 aliphatic rings. The number of aryl methyl sites for hydroxylation is 1. The summed E-state index contributed by atoms with van der Waals surface area (Å²) in [6.45, 7) is 0. The Kier molecular flexibility index (Phi) is 3.33. The second-order valence-corrected chi connectivity index (χ2v) is 6.61. The first-order valence-corrected chi connectivity index (χ1v) is 8.16. The number of halogens is 1. The predicted molar refractivity (Wildman–Crippen MR) is 99.7 cm³/mol. The lowest BCUT2D eigenvalue weighted by atomic mass is 10.1. The van der Waals surface area contributed by atoms with Crippen LogP contribution in [0.15, 0.2) is 54.7 Å². The zero-order valence-corrected chi connectivity index (χ0v) is 14.4. The number of imidazole rings is 1. The third-order valence-corrected chi connectivity index (χ3v) is 5.04. The Morgan fingerprint density at radius 1 is 1.04 bits per heavy atom. The normalized spacial score (nSPS) is 11.5. The summed E-state index contributed by atoms with van der Waals surface area (Å²) < 4.78 is 4.98. The molecule has 6 heteroatoms. The van der Waals surface area contributed by atoms with Gasteiger partial charge in [0.15, 0.2) is 0 Å². The molecule has 0 atom stereocenters. The number of para-hydroxylation sites is 2. The molecule has 0 aliphatic heterocycles. The van der Waals surface area contributed by atoms with E-state index in [1.54, 1.807) is 6.07 Å². The highest BCUT2D eigenvalue weighted by Crippen LogP contribution is 2.31. The molecule has 1 N–H and O–H groups in total. The van der Waals surface area contributed by atoms with Crippen LogP contribution in [0.25, 0.3) is 27.8 Å². The summed E-state index contributed by atoms with van der Waals surface area (Å²) in [6, 6.07) is 15.8. The van der Waals surface area contributed by atoms with E-state index in [4.69, 9.17) is 0 Å². The van der Waals surface area contributed by atoms with Crippen LogP contribution in [0, 0.1) is 8.78 Å². The fraction of sp³-hybridized carbons (Fsp3) is 0.0588. The first-order valence-electron chi connectivity index (χ1n) is 7.08. The molecule has 2 aromatic heterocycles. The molecular weight excluding hydrogens is 405 g/mol. The van der Waals surface area contributed by atoms with Crippen molar-refractivity contribution in [3.05, 3.63) is 63.5 Å². The van der Waals surface area contributed by atoms with Crippen LogP contribution in [-0.2, 0) is 7.05 Å². The largest absolute Gasteiger partial charge is 0.733 e. The Balaban J connectivity index is 1.93. The topological polar surface area (TPSA) is 55.9 Å². The summed E-state index contributed by atoms with van der Waals surface area (Å²) in [4.78, 5) is 0. The van der Waals surface area contributed by atoms with Gasteiger partial charge in [-0.05, 0) is 58.5 Å². The van der Waals surface area contributed by atoms with E-state index < -0.39 is 0 Å². The van der Waals surface area contributed by atoms with Crippen molar-refractivity contribution >= 4 is 45.0 Å². The molecule has 0 bridgehead atoms. The highest BCUT2D eigenvalue weighted by Gasteiger charge is 2.11. The van der Waals surface area contributed by atoms with Gasteiger partial charge in [-0.3, -0.25) is 5.21 Å². The van der Waals surface area contributed by atoms with Crippen molar-refractivity contribution in [3.8, 4) is 11.1 Å². The fourth-order valence-corrected chi connectivity index (χ4v) is 3.52. The second-order valence-electron chi connectivity index (χ2n) is 5.44. The molecule has 0 aliphatic carbocycles. The van der Waals surface area contributed by atoms with Gasteiger partial charge in [-0.15, -0.1) is 0 Å². The molecule has 4 aromatic rings. The van der Waals surface area contributed by atoms with Crippen LogP contribution >= 0.6 is 22.6 Å². The van der Waals surface area contributed by atoms with Crippen LogP contribution in [-0.4, -0.2) is 14.2 Å². The molecule has 0 fully saturated rings. The standard InChI is InChI=1S/C17H13IN3O2/c1-19-14-4-2-3-5-15(14)20-10-12(9-17(19)20)11-6-7-13(18)16(8-11)21(22)23/h2-10,22H,1H3/q-1. The average molecular weight is 418 g/mol. The van der Waals surface area contributed by atoms with Gasteiger partial charge in [-0.1, -0.05) is 18.2 Å². The lowest BCUT2D eigenvalue weighted by Crippen LogP contribution is -2.08. The lowest BCUT2D eigenvalue weighted by molar-refractivity contribution is 0.296. The van der Waals surface area contributed by atoms with Gasteiger partial charge in [0.1, 0.15) is 5.65 Å². The zero-order chi connectivity index (χ0) is 16.1. The van der Waals surface area contributed by atoms with Crippen LogP contribution in [0.2, 0.25) is 0 Å². The molecule has 0 amide bonds. The summed E-state index contributed by atoms with van der Waals surface area (Å²) in [7, 11) is 2.04. The molecular formula is C17H13IN3O2-. The van der Waals surface area contributed by atoms with Crippen LogP contribution < -0.4 is 5.23 Å². The second kappa shape index (κ2) is 5.26. The summed E-state index contributed by atoms with van der Waals surface area (Å²) in [6.07, 6.45) is 2.05. The lowest BCUT2D eigenvalue weighted by Gasteiger charge is -2.23. The molecule has 0 saturated heterocycles. The van der Waals surface area contributed by atoms with Gasteiger partial charge in [-0.25, -0.2) is 0 Å². The van der Waals surface area contributed by atoms with E-state index in [-0.39, 0.29) is 10.9 Å². The number of nitrogens with zero attached hydrogens (tertiary/aromatic N) is 3. The summed E-state index contributed by atoms with van der Waals surface area (Å²) in [5.41, 5.74) is 5.52. The first-order chi connectivity index (χ1) is 11.1. The molecule has 23 heavy (non-hydrogen) atoms. The van der Waals surface area contributed by atoms with Gasteiger partial charge >= 0.3 is 0 Å². The molecule has 0 radical (unpaired) electrons. The molecule has 0 unspecified atom stereocenters. The molecule has 2 heterocycles. The van der Waals surface area contributed by atoms with Gasteiger partial charge in [0.25, 0.3) is 0 Å². The Morgan fingerprint density at radius 2 is 1.78 bits per heavy atom. The van der Waals surface area contributed by atoms with E-state index in [2.05, 4.69) is 33.4 Å². The van der Waals surface area contributed by atoms with E-state index in [1.165, 1.54) is 5.52 Å². The van der Waals surface area contributed by atoms with Gasteiger partial charge in [0.05, 0.1) is 16.7 Å². The fourth-order valence-electron chi connectivity index (χ4n) is 2.97. The summed E-state index contributed by atoms with van der Waals surface area (Å²) in [5, 5.41) is 20.4. The molecule has 0 spiro atoms. The van der Waals surface area contributed by atoms with Crippen molar-refractivity contribution in [3.63, 3.8) is 0 Å². The highest BCUT2D eigenvalue weighted by atomic mass is 127. The van der Waals surface area contributed by atoms with Crippen molar-refractivity contribution in [2.45, 2.75) is 0 Å². The van der Waals surface area contributed by atoms with E-state index in [1.807, 2.05) is 53.9 Å². The quantitative estimate of drug-likeness (QED) is 0.388. The van der Waals surface area contributed by atoms with Crippen LogP contribution in [0.4, 0.5) is 5.69 Å². The summed E-state index contributed by atoms with van der Waals surface area (Å²) in [5.74, 6) is 0. The average Bonchev–Trinajstić information content (AvgIpc) is 3.08. The monoisotopic (exact) mass is 418 g/mol. The van der Waals surface area contributed by atoms with Crippen molar-refractivity contribution < 1.29 is 5.21 Å². The molecule has 4 rings (SSSR count). The van der Waals surface area contributed by atoms with Gasteiger partial charge in [0.2, 0.25) is 0 Å². The van der Waals surface area contributed by atoms with Crippen LogP contribution in [0.5, 0.6) is 0 Å². The number of benzene rings is 2. The molecule has 5 nitrogen and oxygen atoms in total. The minimum absolute atomic E-state index is 0.0868. The number of hydrogen-bond donors (Lipinski definition) is 1. The maximum absolute atomic E-state index is 11.3. The minimum Gasteiger partial charge on any atom is -0.733 e. The molecule has 2 aromatic carbocycles. The van der Waals surface area contributed by atoms with E-state index in [0.29, 0.717) is 3.57 Å². The smallest absolute Gasteiger partial charge is 0.118 e. The van der Waals surface area contributed by atoms with Gasteiger partial charge in [-0.2, -0.15) is 0 Å². The Labute approximate surface area is 146 Å². The SMILES string of the molecule is Cn1c2ccccc2n2cc(-c3ccc(I)c(N([O-])O)c3)cc12. The number of aromatic nitrogens is 2. The van der Waals surface area contributed by atoms with Crippen LogP contribution in [0.1, 0.15) is 0 Å². The Bertz CT molecular complexity index is 1030. The molecule has 0 saturated carbocycles. The third kappa shape index (κ3) is 2.21. The Hall–Kier alpha value is -2.03. The molecule has 116 valence electrons.